The second kappa shape index (κ2) is 7.48. The lowest BCUT2D eigenvalue weighted by Gasteiger charge is -2.15. The summed E-state index contributed by atoms with van der Waals surface area (Å²) in [6.45, 7) is 6.79. The lowest BCUT2D eigenvalue weighted by atomic mass is 10.0. The smallest absolute Gasteiger partial charge is 0.0169 e. The van der Waals surface area contributed by atoms with Crippen molar-refractivity contribution in [1.82, 2.24) is 0 Å². The summed E-state index contributed by atoms with van der Waals surface area (Å²) in [5, 5.41) is 0. The minimum atomic E-state index is 0.722. The molecule has 0 heterocycles. The first-order valence-electron chi connectivity index (χ1n) is 4.44. The highest BCUT2D eigenvalue weighted by molar-refractivity contribution is 9.09. The van der Waals surface area contributed by atoms with Gasteiger partial charge in [0.15, 0.2) is 0 Å². The molecule has 0 amide bonds. The largest absolute Gasteiger partial charge is 0.162 e. The molecule has 0 radical (unpaired) electrons. The van der Waals surface area contributed by atoms with Crippen molar-refractivity contribution in [3.63, 3.8) is 0 Å². The van der Waals surface area contributed by atoms with E-state index in [1.165, 1.54) is 24.3 Å². The van der Waals surface area contributed by atoms with Crippen molar-refractivity contribution >= 4 is 27.7 Å². The number of hydrogen-bond acceptors (Lipinski definition) is 1. The van der Waals surface area contributed by atoms with E-state index in [0.29, 0.717) is 0 Å². The fraction of sp³-hybridized carbons (Fsp3) is 1.00. The van der Waals surface area contributed by atoms with Crippen molar-refractivity contribution in [3.05, 3.63) is 0 Å². The molecule has 0 aromatic heterocycles. The molecule has 2 atom stereocenters. The van der Waals surface area contributed by atoms with E-state index >= 15 is 0 Å². The average molecular weight is 239 g/mol. The van der Waals surface area contributed by atoms with E-state index in [1.54, 1.807) is 0 Å². The highest BCUT2D eigenvalue weighted by Crippen LogP contribution is 2.20. The van der Waals surface area contributed by atoms with E-state index in [1.807, 2.05) is 11.8 Å². The molecule has 0 nitrogen and oxygen atoms in total. The Labute approximate surface area is 83.6 Å². The van der Waals surface area contributed by atoms with Gasteiger partial charge in [-0.15, -0.1) is 0 Å². The summed E-state index contributed by atoms with van der Waals surface area (Å²) in [5.74, 6) is 3.41. The molecule has 11 heavy (non-hydrogen) atoms. The molecule has 0 saturated carbocycles. The minimum absolute atomic E-state index is 0.722. The molecule has 0 aromatic carbocycles. The van der Waals surface area contributed by atoms with Crippen LogP contribution in [0.2, 0.25) is 0 Å². The minimum Gasteiger partial charge on any atom is -0.162 e. The Morgan fingerprint density at radius 1 is 1.36 bits per heavy atom. The summed E-state index contributed by atoms with van der Waals surface area (Å²) in [6.07, 6.45) is 2.60. The maximum absolute atomic E-state index is 3.69. The fourth-order valence-corrected chi connectivity index (χ4v) is 2.09. The third kappa shape index (κ3) is 6.03. The van der Waals surface area contributed by atoms with Crippen LogP contribution < -0.4 is 0 Å². The Morgan fingerprint density at radius 2 is 2.00 bits per heavy atom. The van der Waals surface area contributed by atoms with Gasteiger partial charge >= 0.3 is 0 Å². The molecule has 0 fully saturated rings. The van der Waals surface area contributed by atoms with E-state index in [-0.39, 0.29) is 0 Å². The predicted molar refractivity (Wildman–Crippen MR) is 59.8 cm³/mol. The van der Waals surface area contributed by atoms with Gasteiger partial charge in [0, 0.05) is 4.83 Å². The monoisotopic (exact) mass is 238 g/mol. The third-order valence-electron chi connectivity index (χ3n) is 1.93. The molecule has 0 saturated heterocycles. The van der Waals surface area contributed by atoms with Crippen LogP contribution in [-0.2, 0) is 0 Å². The SMILES string of the molecule is CCSCCC(C)C(Br)CC. The summed E-state index contributed by atoms with van der Waals surface area (Å²) in [5.41, 5.74) is 0. The summed E-state index contributed by atoms with van der Waals surface area (Å²) in [4.78, 5) is 0.722. The first kappa shape index (κ1) is 11.8. The van der Waals surface area contributed by atoms with Gasteiger partial charge in [0.05, 0.1) is 0 Å². The standard InChI is InChI=1S/C9H19BrS/c1-4-9(10)8(3)6-7-11-5-2/h8-9H,4-7H2,1-3H3. The quantitative estimate of drug-likeness (QED) is 0.499. The van der Waals surface area contributed by atoms with Crippen LogP contribution >= 0.6 is 27.7 Å². The molecule has 2 unspecified atom stereocenters. The lowest BCUT2D eigenvalue weighted by molar-refractivity contribution is 0.535. The second-order valence-corrected chi connectivity index (χ2v) is 5.46. The normalized spacial score (nSPS) is 16.4. The Bertz CT molecular complexity index is 85.6. The van der Waals surface area contributed by atoms with Crippen molar-refractivity contribution in [1.29, 1.82) is 0 Å². The molecular formula is C9H19BrS. The molecule has 0 aliphatic heterocycles. The predicted octanol–water partition coefficient (Wildman–Crippen LogP) is 3.94. The zero-order valence-corrected chi connectivity index (χ0v) is 10.2. The molecule has 0 aliphatic rings. The summed E-state index contributed by atoms with van der Waals surface area (Å²) in [6, 6.07) is 0. The van der Waals surface area contributed by atoms with Crippen molar-refractivity contribution in [2.75, 3.05) is 11.5 Å². The Hall–Kier alpha value is 0.830. The maximum Gasteiger partial charge on any atom is 0.0169 e. The molecule has 0 spiro atoms. The lowest BCUT2D eigenvalue weighted by Crippen LogP contribution is -2.10. The molecule has 0 bridgehead atoms. The van der Waals surface area contributed by atoms with Gasteiger partial charge in [0.2, 0.25) is 0 Å². The summed E-state index contributed by atoms with van der Waals surface area (Å²) >= 11 is 5.73. The van der Waals surface area contributed by atoms with Crippen LogP contribution in [0, 0.1) is 5.92 Å². The highest BCUT2D eigenvalue weighted by atomic mass is 79.9. The topological polar surface area (TPSA) is 0 Å². The van der Waals surface area contributed by atoms with Gasteiger partial charge in [-0.2, -0.15) is 11.8 Å². The van der Waals surface area contributed by atoms with Crippen LogP contribution in [-0.4, -0.2) is 16.3 Å². The highest BCUT2D eigenvalue weighted by Gasteiger charge is 2.10. The molecular weight excluding hydrogens is 220 g/mol. The van der Waals surface area contributed by atoms with Crippen molar-refractivity contribution in [2.24, 2.45) is 5.92 Å². The number of hydrogen-bond donors (Lipinski definition) is 0. The van der Waals surface area contributed by atoms with Crippen molar-refractivity contribution < 1.29 is 0 Å². The van der Waals surface area contributed by atoms with Gasteiger partial charge in [0.1, 0.15) is 0 Å². The Morgan fingerprint density at radius 3 is 2.45 bits per heavy atom. The van der Waals surface area contributed by atoms with Crippen LogP contribution in [0.4, 0.5) is 0 Å². The number of rotatable bonds is 6. The van der Waals surface area contributed by atoms with Gasteiger partial charge in [-0.1, -0.05) is 36.7 Å². The van der Waals surface area contributed by atoms with Crippen LogP contribution in [0.25, 0.3) is 0 Å². The molecule has 0 aromatic rings. The van der Waals surface area contributed by atoms with E-state index in [9.17, 15) is 0 Å². The summed E-state index contributed by atoms with van der Waals surface area (Å²) < 4.78 is 0. The number of thioether (sulfide) groups is 1. The van der Waals surface area contributed by atoms with Crippen LogP contribution in [0.5, 0.6) is 0 Å². The van der Waals surface area contributed by atoms with Gasteiger partial charge in [-0.05, 0) is 30.3 Å². The fourth-order valence-electron chi connectivity index (χ4n) is 0.997. The first-order valence-corrected chi connectivity index (χ1v) is 6.51. The molecule has 0 rings (SSSR count). The van der Waals surface area contributed by atoms with Crippen LogP contribution in [0.3, 0.4) is 0 Å². The number of halogens is 1. The zero-order valence-electron chi connectivity index (χ0n) is 7.77. The average Bonchev–Trinajstić information content (AvgIpc) is 2.03. The van der Waals surface area contributed by atoms with E-state index in [0.717, 1.165) is 10.7 Å². The molecule has 0 aliphatic carbocycles. The molecule has 0 N–H and O–H groups in total. The van der Waals surface area contributed by atoms with E-state index in [4.69, 9.17) is 0 Å². The van der Waals surface area contributed by atoms with E-state index < -0.39 is 0 Å². The maximum atomic E-state index is 3.69. The third-order valence-corrected chi connectivity index (χ3v) is 4.41. The molecule has 2 heteroatoms. The first-order chi connectivity index (χ1) is 5.22. The Balaban J connectivity index is 3.28. The zero-order chi connectivity index (χ0) is 8.69. The molecule has 68 valence electrons. The van der Waals surface area contributed by atoms with Crippen molar-refractivity contribution in [3.8, 4) is 0 Å². The van der Waals surface area contributed by atoms with E-state index in [2.05, 4.69) is 36.7 Å². The van der Waals surface area contributed by atoms with Gasteiger partial charge < -0.3 is 0 Å². The van der Waals surface area contributed by atoms with Gasteiger partial charge in [-0.25, -0.2) is 0 Å². The number of alkyl halides is 1. The second-order valence-electron chi connectivity index (χ2n) is 2.89. The Kier molecular flexibility index (Phi) is 8.04. The van der Waals surface area contributed by atoms with Crippen LogP contribution in [0.15, 0.2) is 0 Å². The van der Waals surface area contributed by atoms with Crippen molar-refractivity contribution in [2.45, 2.75) is 38.4 Å². The van der Waals surface area contributed by atoms with Gasteiger partial charge in [0.25, 0.3) is 0 Å². The summed E-state index contributed by atoms with van der Waals surface area (Å²) in [7, 11) is 0. The van der Waals surface area contributed by atoms with Crippen LogP contribution in [0.1, 0.15) is 33.6 Å². The van der Waals surface area contributed by atoms with Gasteiger partial charge in [-0.3, -0.25) is 0 Å².